The molecule has 7 nitrogen and oxygen atoms in total. The molecule has 4 aromatic carbocycles. The Kier molecular flexibility index (Phi) is 11.2. The van der Waals surface area contributed by atoms with Crippen molar-refractivity contribution in [1.29, 1.82) is 0 Å². The van der Waals surface area contributed by atoms with Gasteiger partial charge in [-0.1, -0.05) is 36.4 Å². The molecule has 0 radical (unpaired) electrons. The van der Waals surface area contributed by atoms with Crippen molar-refractivity contribution >= 4 is 29.4 Å². The van der Waals surface area contributed by atoms with Crippen LogP contribution in [0.4, 0.5) is 24.5 Å². The lowest BCUT2D eigenvalue weighted by Gasteiger charge is -2.18. The number of hydrogen-bond donors (Lipinski definition) is 2. The number of ether oxygens (including phenoxy) is 3. The highest BCUT2D eigenvalue weighted by molar-refractivity contribution is 5.91. The van der Waals surface area contributed by atoms with Crippen LogP contribution in [0.3, 0.4) is 0 Å². The number of hydrogen-bond acceptors (Lipinski definition) is 7. The second-order valence-corrected chi connectivity index (χ2v) is 10.3. The van der Waals surface area contributed by atoms with Gasteiger partial charge in [0.25, 0.3) is 0 Å². The second kappa shape index (κ2) is 15.5. The molecule has 0 heterocycles. The molecule has 0 amide bonds. The number of rotatable bonds is 13. The summed E-state index contributed by atoms with van der Waals surface area (Å²) in [5.41, 5.74) is 15.8. The summed E-state index contributed by atoms with van der Waals surface area (Å²) < 4.78 is 53.2. The van der Waals surface area contributed by atoms with E-state index in [4.69, 9.17) is 25.7 Å². The fourth-order valence-electron chi connectivity index (χ4n) is 4.32. The summed E-state index contributed by atoms with van der Waals surface area (Å²) in [7, 11) is 0. The number of halogens is 3. The van der Waals surface area contributed by atoms with Gasteiger partial charge >= 0.3 is 18.1 Å². The Bertz CT molecular complexity index is 1520. The summed E-state index contributed by atoms with van der Waals surface area (Å²) in [4.78, 5) is 25.3. The summed E-state index contributed by atoms with van der Waals surface area (Å²) in [6.45, 7) is -0.0877. The van der Waals surface area contributed by atoms with Crippen LogP contribution >= 0.6 is 0 Å². The average Bonchev–Trinajstić information content (AvgIpc) is 3.01. The van der Waals surface area contributed by atoms with Crippen LogP contribution in [0.1, 0.15) is 39.9 Å². The predicted octanol–water partition coefficient (Wildman–Crippen LogP) is 7.20. The first kappa shape index (κ1) is 32.7. The minimum absolute atomic E-state index is 0.0877. The largest absolute Gasteiger partial charge is 0.494 e. The van der Waals surface area contributed by atoms with E-state index in [2.05, 4.69) is 0 Å². The summed E-state index contributed by atoms with van der Waals surface area (Å²) >= 11 is 0. The summed E-state index contributed by atoms with van der Waals surface area (Å²) in [5, 5.41) is 0. The first-order chi connectivity index (χ1) is 21.5. The SMILES string of the molecule is Nc1ccc(CC(Cc2ccc(N)cc2)OC(=O)/C=C/c2ccc(OC(=O)c3ccc(OCCCC(F)(F)F)cc3)cc2)cc1. The van der Waals surface area contributed by atoms with Gasteiger partial charge in [-0.25, -0.2) is 9.59 Å². The molecule has 0 fully saturated rings. The lowest BCUT2D eigenvalue weighted by molar-refractivity contribution is -0.142. The Balaban J connectivity index is 1.29. The Hall–Kier alpha value is -5.25. The van der Waals surface area contributed by atoms with E-state index in [-0.39, 0.29) is 18.6 Å². The normalized spacial score (nSPS) is 11.5. The molecule has 0 aromatic heterocycles. The van der Waals surface area contributed by atoms with Crippen LogP contribution < -0.4 is 20.9 Å². The van der Waals surface area contributed by atoms with Gasteiger partial charge in [-0.15, -0.1) is 0 Å². The minimum Gasteiger partial charge on any atom is -0.494 e. The summed E-state index contributed by atoms with van der Waals surface area (Å²) in [5.74, 6) is -0.475. The molecule has 4 rings (SSSR count). The summed E-state index contributed by atoms with van der Waals surface area (Å²) in [6.07, 6.45) is -1.78. The zero-order chi connectivity index (χ0) is 32.2. The van der Waals surface area contributed by atoms with E-state index in [1.165, 1.54) is 30.3 Å². The Labute approximate surface area is 259 Å². The molecule has 0 aliphatic heterocycles. The van der Waals surface area contributed by atoms with E-state index in [9.17, 15) is 22.8 Å². The third-order valence-corrected chi connectivity index (χ3v) is 6.63. The zero-order valence-corrected chi connectivity index (χ0v) is 24.3. The number of nitrogen functional groups attached to an aromatic ring is 2. The van der Waals surface area contributed by atoms with Gasteiger partial charge in [-0.3, -0.25) is 0 Å². The molecule has 0 unspecified atom stereocenters. The molecule has 4 N–H and O–H groups in total. The number of alkyl halides is 3. The highest BCUT2D eigenvalue weighted by Gasteiger charge is 2.26. The van der Waals surface area contributed by atoms with Crippen LogP contribution in [0.25, 0.3) is 6.08 Å². The number of carbonyl (C=O) groups is 2. The Morgan fingerprint density at radius 2 is 1.27 bits per heavy atom. The van der Waals surface area contributed by atoms with Crippen molar-refractivity contribution in [3.63, 3.8) is 0 Å². The van der Waals surface area contributed by atoms with Crippen molar-refractivity contribution in [1.82, 2.24) is 0 Å². The van der Waals surface area contributed by atoms with Crippen LogP contribution in [-0.4, -0.2) is 30.8 Å². The Morgan fingerprint density at radius 3 is 1.80 bits per heavy atom. The van der Waals surface area contributed by atoms with Gasteiger partial charge in [-0.2, -0.15) is 13.2 Å². The molecule has 234 valence electrons. The minimum atomic E-state index is -4.22. The van der Waals surface area contributed by atoms with Crippen LogP contribution in [0.2, 0.25) is 0 Å². The first-order valence-electron chi connectivity index (χ1n) is 14.2. The van der Waals surface area contributed by atoms with Gasteiger partial charge in [0.15, 0.2) is 0 Å². The van der Waals surface area contributed by atoms with Gasteiger partial charge in [0, 0.05) is 36.7 Å². The maximum atomic E-state index is 12.7. The number of esters is 2. The molecule has 0 atom stereocenters. The Morgan fingerprint density at radius 1 is 0.733 bits per heavy atom. The van der Waals surface area contributed by atoms with Crippen LogP contribution in [0.5, 0.6) is 11.5 Å². The van der Waals surface area contributed by atoms with Gasteiger partial charge < -0.3 is 25.7 Å². The van der Waals surface area contributed by atoms with E-state index < -0.39 is 30.6 Å². The van der Waals surface area contributed by atoms with E-state index in [1.807, 2.05) is 24.3 Å². The number of carbonyl (C=O) groups excluding carboxylic acids is 2. The van der Waals surface area contributed by atoms with Crippen molar-refractivity contribution in [2.45, 2.75) is 38.0 Å². The van der Waals surface area contributed by atoms with Crippen molar-refractivity contribution in [2.24, 2.45) is 0 Å². The molecule has 4 aromatic rings. The highest BCUT2D eigenvalue weighted by Crippen LogP contribution is 2.22. The zero-order valence-electron chi connectivity index (χ0n) is 24.3. The van der Waals surface area contributed by atoms with Crippen LogP contribution in [-0.2, 0) is 22.4 Å². The third kappa shape index (κ3) is 11.4. The van der Waals surface area contributed by atoms with Crippen molar-refractivity contribution < 1.29 is 37.0 Å². The van der Waals surface area contributed by atoms with E-state index >= 15 is 0 Å². The first-order valence-corrected chi connectivity index (χ1v) is 14.2. The molecule has 45 heavy (non-hydrogen) atoms. The van der Waals surface area contributed by atoms with E-state index in [1.54, 1.807) is 54.6 Å². The van der Waals surface area contributed by atoms with Gasteiger partial charge in [0.2, 0.25) is 0 Å². The quantitative estimate of drug-likeness (QED) is 0.0536. The number of nitrogens with two attached hydrogens (primary N) is 2. The maximum absolute atomic E-state index is 12.7. The molecule has 0 aliphatic rings. The number of anilines is 2. The predicted molar refractivity (Wildman–Crippen MR) is 167 cm³/mol. The van der Waals surface area contributed by atoms with Gasteiger partial charge in [-0.05, 0) is 89.9 Å². The van der Waals surface area contributed by atoms with Gasteiger partial charge in [0.1, 0.15) is 17.6 Å². The molecule has 0 saturated carbocycles. The van der Waals surface area contributed by atoms with Crippen molar-refractivity contribution in [3.8, 4) is 11.5 Å². The molecular formula is C35H33F3N2O5. The molecule has 0 bridgehead atoms. The van der Waals surface area contributed by atoms with Crippen LogP contribution in [0, 0.1) is 0 Å². The number of benzene rings is 4. The molecule has 0 saturated heterocycles. The maximum Gasteiger partial charge on any atom is 0.389 e. The fourth-order valence-corrected chi connectivity index (χ4v) is 4.32. The van der Waals surface area contributed by atoms with Gasteiger partial charge in [0.05, 0.1) is 12.2 Å². The fraction of sp³-hybridized carbons (Fsp3) is 0.200. The lowest BCUT2D eigenvalue weighted by Crippen LogP contribution is -2.22. The lowest BCUT2D eigenvalue weighted by atomic mass is 10.0. The standard InChI is InChI=1S/C35H33F3N2O5/c36-35(37,38)20-1-21-43-30-17-9-27(10-18-30)34(42)45-31-15-6-24(7-16-31)8-19-33(41)44-32(22-25-2-11-28(39)12-3-25)23-26-4-13-29(40)14-5-26/h2-19,32H,1,20-23,39-40H2/b19-8+. The third-order valence-electron chi connectivity index (χ3n) is 6.63. The van der Waals surface area contributed by atoms with Crippen molar-refractivity contribution in [3.05, 3.63) is 125 Å². The highest BCUT2D eigenvalue weighted by atomic mass is 19.4. The molecular weight excluding hydrogens is 585 g/mol. The van der Waals surface area contributed by atoms with E-state index in [0.717, 1.165) is 11.1 Å². The van der Waals surface area contributed by atoms with E-state index in [0.29, 0.717) is 41.3 Å². The molecule has 0 spiro atoms. The smallest absolute Gasteiger partial charge is 0.389 e. The topological polar surface area (TPSA) is 114 Å². The average molecular weight is 619 g/mol. The monoisotopic (exact) mass is 618 g/mol. The van der Waals surface area contributed by atoms with Crippen LogP contribution in [0.15, 0.2) is 103 Å². The molecule has 10 heteroatoms. The molecule has 0 aliphatic carbocycles. The summed E-state index contributed by atoms with van der Waals surface area (Å²) in [6, 6.07) is 27.3. The second-order valence-electron chi connectivity index (χ2n) is 10.3. The van der Waals surface area contributed by atoms with Crippen molar-refractivity contribution in [2.75, 3.05) is 18.1 Å².